The first-order valence-electron chi connectivity index (χ1n) is 9.60. The van der Waals surface area contributed by atoms with Gasteiger partial charge in [0.2, 0.25) is 5.91 Å². The van der Waals surface area contributed by atoms with Gasteiger partial charge in [-0.05, 0) is 18.4 Å². The average molecular weight is 388 g/mol. The molecule has 2 aromatic rings. The molecule has 0 aliphatic carbocycles. The van der Waals surface area contributed by atoms with Gasteiger partial charge in [-0.1, -0.05) is 43.7 Å². The van der Waals surface area contributed by atoms with Gasteiger partial charge >= 0.3 is 0 Å². The summed E-state index contributed by atoms with van der Waals surface area (Å²) in [4.78, 5) is 19.9. The Morgan fingerprint density at radius 2 is 1.96 bits per heavy atom. The van der Waals surface area contributed by atoms with Gasteiger partial charge in [0.15, 0.2) is 0 Å². The second-order valence-electron chi connectivity index (χ2n) is 7.47. The third kappa shape index (κ3) is 5.61. The number of nitrogens with zero attached hydrogens (tertiary/aromatic N) is 2. The molecule has 5 nitrogen and oxygen atoms in total. The van der Waals surface area contributed by atoms with Gasteiger partial charge in [0, 0.05) is 25.0 Å². The van der Waals surface area contributed by atoms with Crippen LogP contribution in [0.4, 0.5) is 0 Å². The molecule has 1 amide bonds. The fraction of sp³-hybridized carbons (Fsp3) is 0.524. The average Bonchev–Trinajstić information content (AvgIpc) is 3.10. The molecule has 1 atom stereocenters. The van der Waals surface area contributed by atoms with E-state index >= 15 is 0 Å². The van der Waals surface area contributed by atoms with Gasteiger partial charge in [0.05, 0.1) is 31.4 Å². The van der Waals surface area contributed by atoms with E-state index in [1.165, 1.54) is 5.56 Å². The molecule has 146 valence electrons. The molecular formula is C21H29N3O2S. The number of hydrogen-bond donors (Lipinski definition) is 1. The predicted octanol–water partition coefficient (Wildman–Crippen LogP) is 3.34. The van der Waals surface area contributed by atoms with Crippen molar-refractivity contribution >= 4 is 17.2 Å². The quantitative estimate of drug-likeness (QED) is 0.792. The summed E-state index contributed by atoms with van der Waals surface area (Å²) in [6.07, 6.45) is 0. The molecule has 6 heteroatoms. The summed E-state index contributed by atoms with van der Waals surface area (Å²) in [5.74, 6) is 0.165. The van der Waals surface area contributed by atoms with Crippen LogP contribution < -0.4 is 5.32 Å². The lowest BCUT2D eigenvalue weighted by molar-refractivity contribution is -0.123. The Bertz CT molecular complexity index is 736. The molecule has 0 bridgehead atoms. The Labute approximate surface area is 165 Å². The second-order valence-corrected chi connectivity index (χ2v) is 8.41. The summed E-state index contributed by atoms with van der Waals surface area (Å²) < 4.78 is 5.39. The van der Waals surface area contributed by atoms with Gasteiger partial charge in [-0.2, -0.15) is 0 Å². The molecule has 0 saturated carbocycles. The third-order valence-electron chi connectivity index (χ3n) is 4.89. The van der Waals surface area contributed by atoms with Crippen LogP contribution in [0.1, 0.15) is 41.6 Å². The number of carbonyl (C=O) groups excluding carboxylic acids is 1. The molecule has 27 heavy (non-hydrogen) atoms. The minimum Gasteiger partial charge on any atom is -0.379 e. The molecule has 1 unspecified atom stereocenters. The van der Waals surface area contributed by atoms with Crippen molar-refractivity contribution in [1.29, 1.82) is 0 Å². The van der Waals surface area contributed by atoms with E-state index in [1.54, 1.807) is 11.3 Å². The van der Waals surface area contributed by atoms with Crippen LogP contribution in [0.5, 0.6) is 0 Å². The van der Waals surface area contributed by atoms with Gasteiger partial charge in [0.25, 0.3) is 0 Å². The number of aryl methyl sites for hydroxylation is 1. The maximum atomic E-state index is 12.8. The molecule has 3 rings (SSSR count). The lowest BCUT2D eigenvalue weighted by atomic mass is 9.87. The summed E-state index contributed by atoms with van der Waals surface area (Å²) in [6.45, 7) is 11.1. The fourth-order valence-corrected chi connectivity index (χ4v) is 4.10. The predicted molar refractivity (Wildman–Crippen MR) is 109 cm³/mol. The van der Waals surface area contributed by atoms with E-state index in [1.807, 2.05) is 0 Å². The van der Waals surface area contributed by atoms with Crippen LogP contribution in [0.3, 0.4) is 0 Å². The van der Waals surface area contributed by atoms with Crippen molar-refractivity contribution in [3.63, 3.8) is 0 Å². The van der Waals surface area contributed by atoms with Crippen LogP contribution in [0.25, 0.3) is 0 Å². The molecule has 1 fully saturated rings. The van der Waals surface area contributed by atoms with E-state index in [2.05, 4.69) is 65.6 Å². The SMILES string of the molecule is Cc1ccc(C(C(=O)NCc2nc(CN3CCOCC3)cs2)C(C)C)cc1. The highest BCUT2D eigenvalue weighted by Crippen LogP contribution is 2.25. The largest absolute Gasteiger partial charge is 0.379 e. The summed E-state index contributed by atoms with van der Waals surface area (Å²) in [7, 11) is 0. The van der Waals surface area contributed by atoms with Crippen LogP contribution in [-0.2, 0) is 22.6 Å². The van der Waals surface area contributed by atoms with Crippen molar-refractivity contribution in [1.82, 2.24) is 15.2 Å². The molecule has 1 aromatic heterocycles. The Morgan fingerprint density at radius 1 is 1.26 bits per heavy atom. The Hall–Kier alpha value is -1.76. The minimum atomic E-state index is -0.140. The number of aromatic nitrogens is 1. The standard InChI is InChI=1S/C21H29N3O2S/c1-15(2)20(17-6-4-16(3)5-7-17)21(25)22-12-19-23-18(14-27-19)13-24-8-10-26-11-9-24/h4-7,14-15,20H,8-13H2,1-3H3,(H,22,25). The van der Waals surface area contributed by atoms with Crippen LogP contribution >= 0.6 is 11.3 Å². The van der Waals surface area contributed by atoms with Crippen molar-refractivity contribution < 1.29 is 9.53 Å². The first-order chi connectivity index (χ1) is 13.0. The summed E-state index contributed by atoms with van der Waals surface area (Å²) in [6, 6.07) is 8.25. The van der Waals surface area contributed by atoms with E-state index in [4.69, 9.17) is 4.74 Å². The Morgan fingerprint density at radius 3 is 2.63 bits per heavy atom. The summed E-state index contributed by atoms with van der Waals surface area (Å²) in [5, 5.41) is 6.14. The molecule has 0 radical (unpaired) electrons. The molecular weight excluding hydrogens is 358 g/mol. The molecule has 1 N–H and O–H groups in total. The number of amides is 1. The van der Waals surface area contributed by atoms with Crippen LogP contribution in [0.2, 0.25) is 0 Å². The zero-order chi connectivity index (χ0) is 19.2. The third-order valence-corrected chi connectivity index (χ3v) is 5.79. The Balaban J connectivity index is 1.56. The van der Waals surface area contributed by atoms with Crippen LogP contribution in [0.15, 0.2) is 29.6 Å². The number of morpholine rings is 1. The number of rotatable bonds is 7. The van der Waals surface area contributed by atoms with Gasteiger partial charge in [-0.15, -0.1) is 11.3 Å². The van der Waals surface area contributed by atoms with E-state index in [0.29, 0.717) is 6.54 Å². The highest BCUT2D eigenvalue weighted by Gasteiger charge is 2.24. The van der Waals surface area contributed by atoms with E-state index in [9.17, 15) is 4.79 Å². The number of carbonyl (C=O) groups is 1. The van der Waals surface area contributed by atoms with E-state index in [-0.39, 0.29) is 17.7 Å². The summed E-state index contributed by atoms with van der Waals surface area (Å²) >= 11 is 1.61. The van der Waals surface area contributed by atoms with Gasteiger partial charge in [-0.3, -0.25) is 9.69 Å². The smallest absolute Gasteiger partial charge is 0.228 e. The van der Waals surface area contributed by atoms with Crippen molar-refractivity contribution in [2.45, 2.75) is 39.8 Å². The van der Waals surface area contributed by atoms with Crippen molar-refractivity contribution in [2.75, 3.05) is 26.3 Å². The number of nitrogens with one attached hydrogen (secondary N) is 1. The topological polar surface area (TPSA) is 54.5 Å². The van der Waals surface area contributed by atoms with E-state index in [0.717, 1.165) is 49.1 Å². The van der Waals surface area contributed by atoms with Gasteiger partial charge < -0.3 is 10.1 Å². The first kappa shape index (κ1) is 20.0. The highest BCUT2D eigenvalue weighted by atomic mass is 32.1. The lowest BCUT2D eigenvalue weighted by Crippen LogP contribution is -2.35. The normalized spacial score (nSPS) is 16.4. The minimum absolute atomic E-state index is 0.0683. The van der Waals surface area contributed by atoms with E-state index < -0.39 is 0 Å². The zero-order valence-electron chi connectivity index (χ0n) is 16.4. The maximum Gasteiger partial charge on any atom is 0.228 e. The number of thiazole rings is 1. The maximum absolute atomic E-state index is 12.8. The molecule has 0 spiro atoms. The van der Waals surface area contributed by atoms with Crippen molar-refractivity contribution in [3.8, 4) is 0 Å². The molecule has 1 aromatic carbocycles. The summed E-state index contributed by atoms with van der Waals surface area (Å²) in [5.41, 5.74) is 3.35. The highest BCUT2D eigenvalue weighted by molar-refractivity contribution is 7.09. The van der Waals surface area contributed by atoms with Crippen LogP contribution in [-0.4, -0.2) is 42.1 Å². The first-order valence-corrected chi connectivity index (χ1v) is 10.5. The monoisotopic (exact) mass is 387 g/mol. The van der Waals surface area contributed by atoms with Crippen molar-refractivity contribution in [3.05, 3.63) is 51.5 Å². The molecule has 1 aliphatic rings. The number of ether oxygens (including phenoxy) is 1. The zero-order valence-corrected chi connectivity index (χ0v) is 17.2. The van der Waals surface area contributed by atoms with Crippen molar-refractivity contribution in [2.24, 2.45) is 5.92 Å². The molecule has 1 saturated heterocycles. The molecule has 1 aliphatic heterocycles. The van der Waals surface area contributed by atoms with Gasteiger partial charge in [-0.25, -0.2) is 4.98 Å². The Kier molecular flexibility index (Phi) is 6.99. The second kappa shape index (κ2) is 9.44. The fourth-order valence-electron chi connectivity index (χ4n) is 3.38. The number of hydrogen-bond acceptors (Lipinski definition) is 5. The van der Waals surface area contributed by atoms with Crippen LogP contribution in [0, 0.1) is 12.8 Å². The molecule has 2 heterocycles. The lowest BCUT2D eigenvalue weighted by Gasteiger charge is -2.25. The number of benzene rings is 1. The van der Waals surface area contributed by atoms with Gasteiger partial charge in [0.1, 0.15) is 5.01 Å².